The van der Waals surface area contributed by atoms with Crippen molar-refractivity contribution in [3.05, 3.63) is 21.9 Å². The summed E-state index contributed by atoms with van der Waals surface area (Å²) >= 11 is 1.41. The lowest BCUT2D eigenvalue weighted by Crippen LogP contribution is -2.39. The molecular formula is C13H18N2O2S. The molecule has 0 saturated carbocycles. The zero-order chi connectivity index (χ0) is 13.8. The lowest BCUT2D eigenvalue weighted by Gasteiger charge is -2.25. The number of carbonyl (C=O) groups is 1. The van der Waals surface area contributed by atoms with Gasteiger partial charge in [-0.15, -0.1) is 11.3 Å². The fraction of sp³-hybridized carbons (Fsp3) is 0.462. The average molecular weight is 266 g/mol. The molecule has 0 spiro atoms. The Morgan fingerprint density at radius 1 is 1.61 bits per heavy atom. The molecule has 0 radical (unpaired) electrons. The summed E-state index contributed by atoms with van der Waals surface area (Å²) in [4.78, 5) is 14.4. The summed E-state index contributed by atoms with van der Waals surface area (Å²) in [5.74, 6) is 5.52. The predicted octanol–water partition coefficient (Wildman–Crippen LogP) is 0.901. The highest BCUT2D eigenvalue weighted by Gasteiger charge is 2.20. The van der Waals surface area contributed by atoms with Crippen molar-refractivity contribution >= 4 is 17.2 Å². The second kappa shape index (κ2) is 6.01. The Kier molecular flexibility index (Phi) is 4.91. The number of likely N-dealkylation sites (N-methyl/N-ethyl adjacent to an activating group) is 1. The molecule has 5 heteroatoms. The summed E-state index contributed by atoms with van der Waals surface area (Å²) < 4.78 is 0. The van der Waals surface area contributed by atoms with E-state index >= 15 is 0 Å². The van der Waals surface area contributed by atoms with Crippen LogP contribution in [0.5, 0.6) is 0 Å². The van der Waals surface area contributed by atoms with E-state index in [1.807, 2.05) is 0 Å². The van der Waals surface area contributed by atoms with Crippen molar-refractivity contribution in [1.29, 1.82) is 0 Å². The monoisotopic (exact) mass is 266 g/mol. The molecule has 0 atom stereocenters. The minimum Gasteiger partial charge on any atom is -0.389 e. The van der Waals surface area contributed by atoms with Crippen LogP contribution in [-0.2, 0) is 0 Å². The summed E-state index contributed by atoms with van der Waals surface area (Å²) in [6.45, 7) is 3.93. The van der Waals surface area contributed by atoms with Gasteiger partial charge in [-0.05, 0) is 19.9 Å². The Hall–Kier alpha value is -1.35. The molecule has 0 aliphatic carbocycles. The summed E-state index contributed by atoms with van der Waals surface area (Å²) in [6, 6.07) is 1.75. The van der Waals surface area contributed by atoms with Crippen LogP contribution in [0.15, 0.2) is 11.4 Å². The third-order valence-corrected chi connectivity index (χ3v) is 2.98. The van der Waals surface area contributed by atoms with E-state index in [1.165, 1.54) is 16.2 Å². The highest BCUT2D eigenvalue weighted by Crippen LogP contribution is 2.16. The van der Waals surface area contributed by atoms with E-state index in [9.17, 15) is 9.90 Å². The third-order valence-electron chi connectivity index (χ3n) is 2.13. The Balaban J connectivity index is 2.75. The van der Waals surface area contributed by atoms with Gasteiger partial charge in [0.25, 0.3) is 5.91 Å². The van der Waals surface area contributed by atoms with Gasteiger partial charge in [-0.2, -0.15) is 0 Å². The van der Waals surface area contributed by atoms with Gasteiger partial charge < -0.3 is 15.7 Å². The van der Waals surface area contributed by atoms with Crippen molar-refractivity contribution < 1.29 is 9.90 Å². The maximum absolute atomic E-state index is 12.1. The summed E-state index contributed by atoms with van der Waals surface area (Å²) in [6.07, 6.45) is 0. The third kappa shape index (κ3) is 4.49. The van der Waals surface area contributed by atoms with Crippen LogP contribution in [0, 0.1) is 11.8 Å². The minimum absolute atomic E-state index is 0.117. The molecule has 0 aliphatic heterocycles. The van der Waals surface area contributed by atoms with Crippen LogP contribution in [0.1, 0.15) is 29.1 Å². The minimum atomic E-state index is -0.900. The summed E-state index contributed by atoms with van der Waals surface area (Å²) in [7, 11) is 1.67. The van der Waals surface area contributed by atoms with Crippen molar-refractivity contribution in [3.8, 4) is 11.8 Å². The molecule has 18 heavy (non-hydrogen) atoms. The molecule has 0 aromatic carbocycles. The summed E-state index contributed by atoms with van der Waals surface area (Å²) in [5, 5.41) is 11.4. The van der Waals surface area contributed by atoms with Crippen LogP contribution >= 0.6 is 11.3 Å². The Morgan fingerprint density at radius 2 is 2.28 bits per heavy atom. The van der Waals surface area contributed by atoms with Crippen molar-refractivity contribution in [2.45, 2.75) is 19.4 Å². The maximum atomic E-state index is 12.1. The van der Waals surface area contributed by atoms with Crippen LogP contribution in [0.2, 0.25) is 0 Å². The number of nitrogens with zero attached hydrogens (tertiary/aromatic N) is 1. The van der Waals surface area contributed by atoms with Crippen LogP contribution in [0.25, 0.3) is 0 Å². The standard InChI is InChI=1S/C13H18N2O2S/c1-13(2,17)9-15(3)12(16)10-7-11(18-8-10)5-4-6-14/h7-8,17H,6,9,14H2,1-3H3. The Morgan fingerprint density at radius 3 is 2.83 bits per heavy atom. The lowest BCUT2D eigenvalue weighted by molar-refractivity contribution is 0.0368. The van der Waals surface area contributed by atoms with Gasteiger partial charge in [-0.3, -0.25) is 4.79 Å². The first-order valence-electron chi connectivity index (χ1n) is 5.59. The van der Waals surface area contributed by atoms with E-state index in [0.29, 0.717) is 12.1 Å². The SMILES string of the molecule is CN(CC(C)(C)O)C(=O)c1csc(C#CCN)c1. The van der Waals surface area contributed by atoms with Crippen LogP contribution in [-0.4, -0.2) is 41.7 Å². The predicted molar refractivity (Wildman–Crippen MR) is 73.5 cm³/mol. The van der Waals surface area contributed by atoms with Crippen LogP contribution < -0.4 is 5.73 Å². The van der Waals surface area contributed by atoms with Gasteiger partial charge >= 0.3 is 0 Å². The van der Waals surface area contributed by atoms with Gasteiger partial charge in [-0.25, -0.2) is 0 Å². The number of hydrogen-bond donors (Lipinski definition) is 2. The fourth-order valence-corrected chi connectivity index (χ4v) is 2.27. The highest BCUT2D eigenvalue weighted by atomic mass is 32.1. The maximum Gasteiger partial charge on any atom is 0.254 e. The average Bonchev–Trinajstić information content (AvgIpc) is 2.71. The molecule has 3 N–H and O–H groups in total. The fourth-order valence-electron chi connectivity index (χ4n) is 1.52. The van der Waals surface area contributed by atoms with E-state index in [1.54, 1.807) is 32.3 Å². The first-order chi connectivity index (χ1) is 8.33. The zero-order valence-electron chi connectivity index (χ0n) is 10.9. The zero-order valence-corrected chi connectivity index (χ0v) is 11.7. The van der Waals surface area contributed by atoms with Gasteiger partial charge in [0.1, 0.15) is 0 Å². The van der Waals surface area contributed by atoms with Crippen molar-refractivity contribution in [3.63, 3.8) is 0 Å². The number of thiophene rings is 1. The van der Waals surface area contributed by atoms with E-state index in [0.717, 1.165) is 4.88 Å². The van der Waals surface area contributed by atoms with E-state index in [4.69, 9.17) is 5.73 Å². The van der Waals surface area contributed by atoms with Crippen LogP contribution in [0.3, 0.4) is 0 Å². The number of carbonyl (C=O) groups excluding carboxylic acids is 1. The molecule has 1 rings (SSSR count). The smallest absolute Gasteiger partial charge is 0.254 e. The highest BCUT2D eigenvalue weighted by molar-refractivity contribution is 7.10. The molecule has 0 fully saturated rings. The largest absolute Gasteiger partial charge is 0.389 e. The Labute approximate surface area is 111 Å². The van der Waals surface area contributed by atoms with E-state index in [-0.39, 0.29) is 12.5 Å². The first kappa shape index (κ1) is 14.7. The number of rotatable bonds is 3. The molecule has 1 aromatic rings. The van der Waals surface area contributed by atoms with Gasteiger partial charge in [0.15, 0.2) is 0 Å². The number of hydrogen-bond acceptors (Lipinski definition) is 4. The topological polar surface area (TPSA) is 66.6 Å². The Bertz CT molecular complexity index is 477. The lowest BCUT2D eigenvalue weighted by atomic mass is 10.1. The number of amides is 1. The van der Waals surface area contributed by atoms with Crippen molar-refractivity contribution in [2.24, 2.45) is 5.73 Å². The van der Waals surface area contributed by atoms with Gasteiger partial charge in [0, 0.05) is 19.0 Å². The second-order valence-electron chi connectivity index (χ2n) is 4.68. The molecule has 0 unspecified atom stereocenters. The normalized spacial score (nSPS) is 10.7. The molecule has 98 valence electrons. The molecule has 1 amide bonds. The molecule has 0 aliphatic rings. The number of aliphatic hydroxyl groups is 1. The van der Waals surface area contributed by atoms with Crippen molar-refractivity contribution in [2.75, 3.05) is 20.1 Å². The molecule has 4 nitrogen and oxygen atoms in total. The molecule has 0 bridgehead atoms. The molecule has 0 saturated heterocycles. The number of nitrogens with two attached hydrogens (primary N) is 1. The van der Waals surface area contributed by atoms with Gasteiger partial charge in [0.05, 0.1) is 22.6 Å². The first-order valence-corrected chi connectivity index (χ1v) is 6.47. The molecular weight excluding hydrogens is 248 g/mol. The van der Waals surface area contributed by atoms with Crippen LogP contribution in [0.4, 0.5) is 0 Å². The summed E-state index contributed by atoms with van der Waals surface area (Å²) in [5.41, 5.74) is 4.98. The molecule has 1 aromatic heterocycles. The van der Waals surface area contributed by atoms with Crippen molar-refractivity contribution in [1.82, 2.24) is 4.90 Å². The molecule has 1 heterocycles. The van der Waals surface area contributed by atoms with Gasteiger partial charge in [-0.1, -0.05) is 11.8 Å². The van der Waals surface area contributed by atoms with E-state index in [2.05, 4.69) is 11.8 Å². The van der Waals surface area contributed by atoms with E-state index < -0.39 is 5.60 Å². The van der Waals surface area contributed by atoms with Gasteiger partial charge in [0.2, 0.25) is 0 Å². The second-order valence-corrected chi connectivity index (χ2v) is 5.59. The quantitative estimate of drug-likeness (QED) is 0.799.